The Morgan fingerprint density at radius 2 is 1.96 bits per heavy atom. The van der Waals surface area contributed by atoms with E-state index in [1.54, 1.807) is 6.92 Å². The van der Waals surface area contributed by atoms with Crippen molar-refractivity contribution >= 4 is 27.7 Å². The van der Waals surface area contributed by atoms with E-state index in [4.69, 9.17) is 9.47 Å². The van der Waals surface area contributed by atoms with Crippen LogP contribution in [0.5, 0.6) is 5.75 Å². The summed E-state index contributed by atoms with van der Waals surface area (Å²) in [7, 11) is 0. The molecular weight excluding hydrogens is 358 g/mol. The Morgan fingerprint density at radius 1 is 1.17 bits per heavy atom. The summed E-state index contributed by atoms with van der Waals surface area (Å²) in [5.74, 6) is 0.834. The van der Waals surface area contributed by atoms with Gasteiger partial charge in [0.1, 0.15) is 12.4 Å². The topological polar surface area (TPSA) is 47.6 Å². The number of amides is 1. The van der Waals surface area contributed by atoms with Crippen LogP contribution in [0.2, 0.25) is 0 Å². The first-order chi connectivity index (χ1) is 11.0. The number of anilines is 1. The molecule has 4 nitrogen and oxygen atoms in total. The smallest absolute Gasteiger partial charge is 0.411 e. The summed E-state index contributed by atoms with van der Waals surface area (Å²) in [4.78, 5) is 11.7. The highest BCUT2D eigenvalue weighted by Gasteiger charge is 2.09. The Morgan fingerprint density at radius 3 is 2.65 bits per heavy atom. The van der Waals surface area contributed by atoms with Crippen molar-refractivity contribution in [3.63, 3.8) is 0 Å². The van der Waals surface area contributed by atoms with E-state index in [0.717, 1.165) is 21.3 Å². The molecule has 1 N–H and O–H groups in total. The second-order valence-electron chi connectivity index (χ2n) is 5.20. The van der Waals surface area contributed by atoms with E-state index in [1.807, 2.05) is 44.2 Å². The summed E-state index contributed by atoms with van der Waals surface area (Å²) < 4.78 is 11.7. The molecule has 0 atom stereocenters. The van der Waals surface area contributed by atoms with Gasteiger partial charge in [-0.15, -0.1) is 0 Å². The monoisotopic (exact) mass is 377 g/mol. The summed E-state index contributed by atoms with van der Waals surface area (Å²) in [5.41, 5.74) is 3.83. The van der Waals surface area contributed by atoms with Crippen molar-refractivity contribution in [2.45, 2.75) is 27.4 Å². The number of carbonyl (C=O) groups is 1. The molecule has 0 heterocycles. The van der Waals surface area contributed by atoms with Crippen molar-refractivity contribution < 1.29 is 14.3 Å². The molecule has 0 saturated carbocycles. The number of nitrogens with one attached hydrogen (secondary N) is 1. The lowest BCUT2D eigenvalue weighted by Gasteiger charge is -2.14. The molecule has 5 heteroatoms. The quantitative estimate of drug-likeness (QED) is 0.777. The van der Waals surface area contributed by atoms with Gasteiger partial charge < -0.3 is 9.47 Å². The van der Waals surface area contributed by atoms with E-state index in [1.165, 1.54) is 5.56 Å². The molecule has 0 saturated heterocycles. The van der Waals surface area contributed by atoms with Gasteiger partial charge in [0.05, 0.1) is 12.3 Å². The standard InChI is InChI=1S/C18H20BrNO3/c1-4-22-18(21)20-16-10-15(19)7-6-14(16)11-23-17-8-5-12(2)9-13(17)3/h5-10H,4,11H2,1-3H3,(H,20,21). The van der Waals surface area contributed by atoms with Gasteiger partial charge in [0, 0.05) is 10.0 Å². The number of aryl methyl sites for hydroxylation is 2. The molecule has 2 rings (SSSR count). The third-order valence-electron chi connectivity index (χ3n) is 3.30. The predicted molar refractivity (Wildman–Crippen MR) is 95.0 cm³/mol. The molecule has 0 radical (unpaired) electrons. The largest absolute Gasteiger partial charge is 0.489 e. The summed E-state index contributed by atoms with van der Waals surface area (Å²) in [6, 6.07) is 11.7. The molecule has 2 aromatic rings. The summed E-state index contributed by atoms with van der Waals surface area (Å²) >= 11 is 3.41. The molecule has 1 amide bonds. The van der Waals surface area contributed by atoms with Crippen LogP contribution >= 0.6 is 15.9 Å². The Balaban J connectivity index is 2.14. The van der Waals surface area contributed by atoms with Crippen molar-refractivity contribution in [2.75, 3.05) is 11.9 Å². The van der Waals surface area contributed by atoms with Crippen LogP contribution in [0.1, 0.15) is 23.6 Å². The zero-order valence-electron chi connectivity index (χ0n) is 13.5. The molecule has 0 unspecified atom stereocenters. The van der Waals surface area contributed by atoms with Crippen LogP contribution < -0.4 is 10.1 Å². The number of hydrogen-bond donors (Lipinski definition) is 1. The van der Waals surface area contributed by atoms with E-state index in [2.05, 4.69) is 27.3 Å². The number of hydrogen-bond acceptors (Lipinski definition) is 3. The molecule has 122 valence electrons. The van der Waals surface area contributed by atoms with Crippen LogP contribution in [0.15, 0.2) is 40.9 Å². The van der Waals surface area contributed by atoms with E-state index in [-0.39, 0.29) is 0 Å². The molecular formula is C18H20BrNO3. The normalized spacial score (nSPS) is 10.3. The number of halogens is 1. The van der Waals surface area contributed by atoms with Gasteiger partial charge in [-0.2, -0.15) is 0 Å². The van der Waals surface area contributed by atoms with E-state index in [9.17, 15) is 4.79 Å². The summed E-state index contributed by atoms with van der Waals surface area (Å²) in [6.45, 7) is 6.52. The summed E-state index contributed by atoms with van der Waals surface area (Å²) in [5, 5.41) is 2.74. The van der Waals surface area contributed by atoms with Crippen molar-refractivity contribution in [2.24, 2.45) is 0 Å². The Kier molecular flexibility index (Phi) is 6.04. The number of ether oxygens (including phenoxy) is 2. The highest BCUT2D eigenvalue weighted by atomic mass is 79.9. The van der Waals surface area contributed by atoms with Crippen molar-refractivity contribution in [3.05, 3.63) is 57.6 Å². The minimum absolute atomic E-state index is 0.328. The van der Waals surface area contributed by atoms with Gasteiger partial charge in [-0.05, 0) is 44.5 Å². The molecule has 0 bridgehead atoms. The van der Waals surface area contributed by atoms with Gasteiger partial charge in [-0.1, -0.05) is 39.7 Å². The van der Waals surface area contributed by atoms with Gasteiger partial charge in [0.2, 0.25) is 0 Å². The zero-order valence-corrected chi connectivity index (χ0v) is 15.1. The fourth-order valence-electron chi connectivity index (χ4n) is 2.18. The third-order valence-corrected chi connectivity index (χ3v) is 3.79. The van der Waals surface area contributed by atoms with Crippen molar-refractivity contribution in [1.82, 2.24) is 0 Å². The first-order valence-electron chi connectivity index (χ1n) is 7.42. The van der Waals surface area contributed by atoms with Gasteiger partial charge in [0.15, 0.2) is 0 Å². The lowest BCUT2D eigenvalue weighted by molar-refractivity contribution is 0.168. The molecule has 0 aromatic heterocycles. The molecule has 0 aliphatic rings. The Bertz CT molecular complexity index is 701. The van der Waals surface area contributed by atoms with Crippen LogP contribution in [0.4, 0.5) is 10.5 Å². The van der Waals surface area contributed by atoms with E-state index < -0.39 is 6.09 Å². The van der Waals surface area contributed by atoms with Gasteiger partial charge in [-0.25, -0.2) is 4.79 Å². The Hall–Kier alpha value is -2.01. The number of carbonyl (C=O) groups excluding carboxylic acids is 1. The number of benzene rings is 2. The molecule has 0 aliphatic heterocycles. The summed E-state index contributed by atoms with van der Waals surface area (Å²) in [6.07, 6.45) is -0.474. The predicted octanol–water partition coefficient (Wildman–Crippen LogP) is 5.21. The lowest BCUT2D eigenvalue weighted by Crippen LogP contribution is -2.15. The lowest BCUT2D eigenvalue weighted by atomic mass is 10.1. The first kappa shape index (κ1) is 17.3. The zero-order chi connectivity index (χ0) is 16.8. The first-order valence-corrected chi connectivity index (χ1v) is 8.21. The van der Waals surface area contributed by atoms with E-state index in [0.29, 0.717) is 18.9 Å². The van der Waals surface area contributed by atoms with Gasteiger partial charge in [0.25, 0.3) is 0 Å². The second-order valence-corrected chi connectivity index (χ2v) is 6.12. The minimum atomic E-state index is -0.474. The molecule has 2 aromatic carbocycles. The van der Waals surface area contributed by atoms with Gasteiger partial charge >= 0.3 is 6.09 Å². The molecule has 0 fully saturated rings. The highest BCUT2D eigenvalue weighted by molar-refractivity contribution is 9.10. The average molecular weight is 378 g/mol. The van der Waals surface area contributed by atoms with Crippen LogP contribution in [0, 0.1) is 13.8 Å². The fourth-order valence-corrected chi connectivity index (χ4v) is 2.55. The van der Waals surface area contributed by atoms with Crippen LogP contribution in [0.3, 0.4) is 0 Å². The maximum Gasteiger partial charge on any atom is 0.411 e. The second kappa shape index (κ2) is 8.02. The molecule has 0 spiro atoms. The SMILES string of the molecule is CCOC(=O)Nc1cc(Br)ccc1COc1ccc(C)cc1C. The maximum absolute atomic E-state index is 11.7. The Labute approximate surface area is 144 Å². The fraction of sp³-hybridized carbons (Fsp3) is 0.278. The molecule has 23 heavy (non-hydrogen) atoms. The van der Waals surface area contributed by atoms with E-state index >= 15 is 0 Å². The third kappa shape index (κ3) is 4.99. The highest BCUT2D eigenvalue weighted by Crippen LogP contribution is 2.25. The van der Waals surface area contributed by atoms with Crippen molar-refractivity contribution in [1.29, 1.82) is 0 Å². The van der Waals surface area contributed by atoms with Crippen molar-refractivity contribution in [3.8, 4) is 5.75 Å². The minimum Gasteiger partial charge on any atom is -0.489 e. The van der Waals surface area contributed by atoms with Crippen LogP contribution in [-0.2, 0) is 11.3 Å². The number of rotatable bonds is 5. The van der Waals surface area contributed by atoms with Gasteiger partial charge in [-0.3, -0.25) is 5.32 Å². The van der Waals surface area contributed by atoms with Crippen LogP contribution in [0.25, 0.3) is 0 Å². The maximum atomic E-state index is 11.7. The average Bonchev–Trinajstić information content (AvgIpc) is 2.48. The molecule has 0 aliphatic carbocycles. The van der Waals surface area contributed by atoms with Crippen LogP contribution in [-0.4, -0.2) is 12.7 Å².